The molecule has 0 rings (SSSR count). The van der Waals surface area contributed by atoms with Gasteiger partial charge in [0.25, 0.3) is 0 Å². The summed E-state index contributed by atoms with van der Waals surface area (Å²) in [6.45, 7) is 8.16. The van der Waals surface area contributed by atoms with E-state index in [1.54, 1.807) is 7.11 Å². The highest BCUT2D eigenvalue weighted by atomic mass is 16.7. The average molecular weight is 294 g/mol. The molecule has 0 aliphatic carbocycles. The summed E-state index contributed by atoms with van der Waals surface area (Å²) in [5.74, 6) is 0. The van der Waals surface area contributed by atoms with E-state index in [2.05, 4.69) is 0 Å². The van der Waals surface area contributed by atoms with Crippen LogP contribution in [0, 0.1) is 0 Å². The van der Waals surface area contributed by atoms with Gasteiger partial charge in [0.1, 0.15) is 6.79 Å². The lowest BCUT2D eigenvalue weighted by molar-refractivity contribution is -0.0701. The van der Waals surface area contributed by atoms with Crippen LogP contribution in [0.15, 0.2) is 0 Å². The van der Waals surface area contributed by atoms with E-state index < -0.39 is 0 Å². The van der Waals surface area contributed by atoms with Crippen LogP contribution in [-0.2, 0) is 28.4 Å². The summed E-state index contributed by atoms with van der Waals surface area (Å²) < 4.78 is 31.2. The third-order valence-electron chi connectivity index (χ3n) is 2.37. The molecule has 0 radical (unpaired) electrons. The molecule has 0 N–H and O–H groups in total. The standard InChI is InChI=1S/C14H30O6/c1-3-16-10-13-20-14-19-7-5-4-6-17-11-12-18-9-8-15-2/h3-14H2,1-2H3. The molecule has 0 spiro atoms. The molecule has 122 valence electrons. The van der Waals surface area contributed by atoms with Crippen molar-refractivity contribution in [2.24, 2.45) is 0 Å². The van der Waals surface area contributed by atoms with Gasteiger partial charge in [0, 0.05) is 26.9 Å². The first-order valence-corrected chi connectivity index (χ1v) is 7.29. The first-order chi connectivity index (χ1) is 9.91. The molecule has 0 aliphatic rings. The Hall–Kier alpha value is -0.240. The second-order valence-corrected chi connectivity index (χ2v) is 4.06. The zero-order valence-corrected chi connectivity index (χ0v) is 12.9. The van der Waals surface area contributed by atoms with Gasteiger partial charge in [-0.2, -0.15) is 0 Å². The first-order valence-electron chi connectivity index (χ1n) is 7.29. The van der Waals surface area contributed by atoms with Gasteiger partial charge in [-0.3, -0.25) is 0 Å². The summed E-state index contributed by atoms with van der Waals surface area (Å²) in [7, 11) is 1.66. The van der Waals surface area contributed by atoms with Crippen LogP contribution in [0.3, 0.4) is 0 Å². The van der Waals surface area contributed by atoms with Gasteiger partial charge in [-0.25, -0.2) is 0 Å². The fourth-order valence-corrected chi connectivity index (χ4v) is 1.31. The van der Waals surface area contributed by atoms with Crippen molar-refractivity contribution in [3.05, 3.63) is 0 Å². The molecule has 0 atom stereocenters. The van der Waals surface area contributed by atoms with E-state index in [0.717, 1.165) is 26.1 Å². The smallest absolute Gasteiger partial charge is 0.146 e. The molecule has 6 heteroatoms. The molecule has 0 aliphatic heterocycles. The largest absolute Gasteiger partial charge is 0.382 e. The van der Waals surface area contributed by atoms with Gasteiger partial charge >= 0.3 is 0 Å². The molecule has 0 aromatic rings. The molecule has 0 aromatic carbocycles. The molecule has 0 amide bonds. The fraction of sp³-hybridized carbons (Fsp3) is 1.00. The summed E-state index contributed by atoms with van der Waals surface area (Å²) >= 11 is 0. The van der Waals surface area contributed by atoms with Gasteiger partial charge in [-0.1, -0.05) is 0 Å². The molecular formula is C14H30O6. The molecule has 0 fully saturated rings. The van der Waals surface area contributed by atoms with E-state index in [9.17, 15) is 0 Å². The lowest BCUT2D eigenvalue weighted by atomic mass is 10.3. The van der Waals surface area contributed by atoms with Crippen molar-refractivity contribution in [3.63, 3.8) is 0 Å². The average Bonchev–Trinajstić information content (AvgIpc) is 2.47. The third kappa shape index (κ3) is 17.8. The van der Waals surface area contributed by atoms with Crippen LogP contribution >= 0.6 is 0 Å². The lowest BCUT2D eigenvalue weighted by Gasteiger charge is -2.07. The number of rotatable bonds is 17. The Morgan fingerprint density at radius 1 is 0.550 bits per heavy atom. The van der Waals surface area contributed by atoms with Crippen molar-refractivity contribution in [2.75, 3.05) is 73.4 Å². The summed E-state index contributed by atoms with van der Waals surface area (Å²) in [6, 6.07) is 0. The van der Waals surface area contributed by atoms with Gasteiger partial charge in [-0.05, 0) is 19.8 Å². The third-order valence-corrected chi connectivity index (χ3v) is 2.37. The summed E-state index contributed by atoms with van der Waals surface area (Å²) in [6.07, 6.45) is 1.95. The molecule has 0 saturated carbocycles. The second kappa shape index (κ2) is 18.8. The Morgan fingerprint density at radius 3 is 1.75 bits per heavy atom. The molecule has 6 nitrogen and oxygen atoms in total. The Kier molecular flexibility index (Phi) is 18.5. The Labute approximate surface area is 122 Å². The van der Waals surface area contributed by atoms with Crippen molar-refractivity contribution in [1.82, 2.24) is 0 Å². The van der Waals surface area contributed by atoms with Crippen LogP contribution in [0.1, 0.15) is 19.8 Å². The normalized spacial score (nSPS) is 11.1. The van der Waals surface area contributed by atoms with Crippen LogP contribution in [-0.4, -0.2) is 73.4 Å². The van der Waals surface area contributed by atoms with Gasteiger partial charge < -0.3 is 28.4 Å². The number of methoxy groups -OCH3 is 1. The fourth-order valence-electron chi connectivity index (χ4n) is 1.31. The van der Waals surface area contributed by atoms with E-state index in [-0.39, 0.29) is 0 Å². The van der Waals surface area contributed by atoms with Crippen molar-refractivity contribution in [1.29, 1.82) is 0 Å². The van der Waals surface area contributed by atoms with Crippen LogP contribution in [0.5, 0.6) is 0 Å². The van der Waals surface area contributed by atoms with E-state index in [1.165, 1.54) is 0 Å². The van der Waals surface area contributed by atoms with Crippen LogP contribution in [0.2, 0.25) is 0 Å². The van der Waals surface area contributed by atoms with Gasteiger partial charge in [0.15, 0.2) is 0 Å². The Morgan fingerprint density at radius 2 is 1.05 bits per heavy atom. The summed E-state index contributed by atoms with van der Waals surface area (Å²) in [5.41, 5.74) is 0. The van der Waals surface area contributed by atoms with Crippen molar-refractivity contribution >= 4 is 0 Å². The number of hydrogen-bond donors (Lipinski definition) is 0. The molecular weight excluding hydrogens is 264 g/mol. The van der Waals surface area contributed by atoms with Crippen molar-refractivity contribution in [2.45, 2.75) is 19.8 Å². The molecule has 0 heterocycles. The predicted octanol–water partition coefficient (Wildman–Crippen LogP) is 1.47. The highest BCUT2D eigenvalue weighted by Gasteiger charge is 1.93. The molecule has 0 saturated heterocycles. The minimum Gasteiger partial charge on any atom is -0.382 e. The molecule has 0 unspecified atom stereocenters. The number of hydrogen-bond acceptors (Lipinski definition) is 6. The highest BCUT2D eigenvalue weighted by Crippen LogP contribution is 1.92. The summed E-state index contributed by atoms with van der Waals surface area (Å²) in [4.78, 5) is 0. The quantitative estimate of drug-likeness (QED) is 0.299. The Bertz CT molecular complexity index is 150. The number of ether oxygens (including phenoxy) is 6. The minimum atomic E-state index is 0.335. The Balaban J connectivity index is 2.89. The molecule has 0 aromatic heterocycles. The van der Waals surface area contributed by atoms with Crippen molar-refractivity contribution in [3.8, 4) is 0 Å². The highest BCUT2D eigenvalue weighted by molar-refractivity contribution is 4.38. The zero-order valence-electron chi connectivity index (χ0n) is 12.9. The van der Waals surface area contributed by atoms with Crippen LogP contribution in [0.4, 0.5) is 0 Å². The van der Waals surface area contributed by atoms with E-state index in [1.807, 2.05) is 6.92 Å². The molecule has 20 heavy (non-hydrogen) atoms. The van der Waals surface area contributed by atoms with Crippen LogP contribution < -0.4 is 0 Å². The predicted molar refractivity (Wildman–Crippen MR) is 76.0 cm³/mol. The van der Waals surface area contributed by atoms with Crippen LogP contribution in [0.25, 0.3) is 0 Å². The summed E-state index contributed by atoms with van der Waals surface area (Å²) in [5, 5.41) is 0. The molecule has 0 bridgehead atoms. The number of unbranched alkanes of at least 4 members (excludes halogenated alkanes) is 1. The maximum atomic E-state index is 5.42. The maximum Gasteiger partial charge on any atom is 0.146 e. The first kappa shape index (κ1) is 19.8. The topological polar surface area (TPSA) is 55.4 Å². The lowest BCUT2D eigenvalue weighted by Crippen LogP contribution is -2.10. The zero-order chi connectivity index (χ0) is 14.7. The van der Waals surface area contributed by atoms with Gasteiger partial charge in [-0.15, -0.1) is 0 Å². The van der Waals surface area contributed by atoms with E-state index in [4.69, 9.17) is 28.4 Å². The minimum absolute atomic E-state index is 0.335. The van der Waals surface area contributed by atoms with Gasteiger partial charge in [0.05, 0.1) is 39.6 Å². The monoisotopic (exact) mass is 294 g/mol. The second-order valence-electron chi connectivity index (χ2n) is 4.06. The SMILES string of the molecule is CCOCCOCOCCCCOCCOCCOC. The van der Waals surface area contributed by atoms with E-state index in [0.29, 0.717) is 53.0 Å². The van der Waals surface area contributed by atoms with Gasteiger partial charge in [0.2, 0.25) is 0 Å². The van der Waals surface area contributed by atoms with Crippen molar-refractivity contribution < 1.29 is 28.4 Å². The van der Waals surface area contributed by atoms with E-state index >= 15 is 0 Å². The maximum absolute atomic E-state index is 5.42.